The maximum absolute atomic E-state index is 13.0. The Morgan fingerprint density at radius 3 is 2.45 bits per heavy atom. The number of aliphatic hydroxyl groups is 1. The molecule has 0 fully saturated rings. The van der Waals surface area contributed by atoms with Gasteiger partial charge in [-0.1, -0.05) is 19.1 Å². The normalized spacial score (nSPS) is 13.4. The van der Waals surface area contributed by atoms with E-state index in [-0.39, 0.29) is 6.61 Å². The summed E-state index contributed by atoms with van der Waals surface area (Å²) in [6, 6.07) is 9.01. The Hall–Kier alpha value is -2.27. The van der Waals surface area contributed by atoms with E-state index in [0.717, 1.165) is 5.56 Å². The first kappa shape index (κ1) is 16.1. The van der Waals surface area contributed by atoms with E-state index in [4.69, 9.17) is 4.74 Å². The Bertz CT molecular complexity index is 601. The zero-order chi connectivity index (χ0) is 15.9. The molecule has 2 rings (SSSR count). The van der Waals surface area contributed by atoms with Crippen molar-refractivity contribution in [3.63, 3.8) is 0 Å². The summed E-state index contributed by atoms with van der Waals surface area (Å²) in [5, 5.41) is 10.1. The van der Waals surface area contributed by atoms with Gasteiger partial charge in [-0.2, -0.15) is 0 Å². The highest BCUT2D eigenvalue weighted by molar-refractivity contribution is 5.79. The molecule has 1 heterocycles. The summed E-state index contributed by atoms with van der Waals surface area (Å²) in [7, 11) is 0. The van der Waals surface area contributed by atoms with E-state index in [2.05, 4.69) is 4.98 Å². The maximum Gasteiger partial charge on any atom is 0.316 e. The van der Waals surface area contributed by atoms with Gasteiger partial charge in [0, 0.05) is 12.4 Å². The quantitative estimate of drug-likeness (QED) is 0.834. The van der Waals surface area contributed by atoms with Crippen LogP contribution in [0.25, 0.3) is 0 Å². The van der Waals surface area contributed by atoms with Gasteiger partial charge in [0.1, 0.15) is 18.3 Å². The van der Waals surface area contributed by atoms with Crippen LogP contribution in [-0.2, 0) is 16.1 Å². The van der Waals surface area contributed by atoms with Crippen molar-refractivity contribution in [3.05, 3.63) is 65.7 Å². The minimum atomic E-state index is -0.879. The predicted molar refractivity (Wildman–Crippen MR) is 79.5 cm³/mol. The first-order valence-corrected chi connectivity index (χ1v) is 7.11. The highest BCUT2D eigenvalue weighted by Gasteiger charge is 2.29. The minimum Gasteiger partial charge on any atom is -0.460 e. The molecule has 1 unspecified atom stereocenters. The van der Waals surface area contributed by atoms with E-state index < -0.39 is 23.8 Å². The van der Waals surface area contributed by atoms with Gasteiger partial charge in [-0.3, -0.25) is 9.78 Å². The summed E-state index contributed by atoms with van der Waals surface area (Å²) in [6.45, 7) is 1.88. The Morgan fingerprint density at radius 2 is 1.86 bits per heavy atom. The van der Waals surface area contributed by atoms with Gasteiger partial charge in [0.2, 0.25) is 0 Å². The van der Waals surface area contributed by atoms with E-state index in [1.807, 2.05) is 0 Å². The van der Waals surface area contributed by atoms with E-state index in [1.165, 1.54) is 24.3 Å². The number of aliphatic hydroxyl groups excluding tert-OH is 1. The monoisotopic (exact) mass is 303 g/mol. The SMILES string of the molecule is CC[C@H](O)C(C(=O)OCc1ccncc1)c1ccc(F)cc1. The second kappa shape index (κ2) is 7.66. The molecular formula is C17H18FNO3. The van der Waals surface area contributed by atoms with E-state index in [0.29, 0.717) is 12.0 Å². The van der Waals surface area contributed by atoms with Crippen molar-refractivity contribution in [1.29, 1.82) is 0 Å². The number of ether oxygens (including phenoxy) is 1. The molecule has 2 atom stereocenters. The molecule has 22 heavy (non-hydrogen) atoms. The number of carbonyl (C=O) groups is 1. The Labute approximate surface area is 128 Å². The average molecular weight is 303 g/mol. The summed E-state index contributed by atoms with van der Waals surface area (Å²) in [5.41, 5.74) is 1.35. The van der Waals surface area contributed by atoms with Crippen molar-refractivity contribution in [1.82, 2.24) is 4.98 Å². The fraction of sp³-hybridized carbons (Fsp3) is 0.294. The number of rotatable bonds is 6. The van der Waals surface area contributed by atoms with Gasteiger partial charge in [-0.25, -0.2) is 4.39 Å². The van der Waals surface area contributed by atoms with Crippen LogP contribution >= 0.6 is 0 Å². The highest BCUT2D eigenvalue weighted by Crippen LogP contribution is 2.24. The molecule has 116 valence electrons. The zero-order valence-electron chi connectivity index (χ0n) is 12.3. The molecule has 1 aromatic carbocycles. The number of carbonyl (C=O) groups excluding carboxylic acids is 1. The lowest BCUT2D eigenvalue weighted by atomic mass is 9.92. The van der Waals surface area contributed by atoms with Crippen LogP contribution in [-0.4, -0.2) is 22.2 Å². The Balaban J connectivity index is 2.11. The van der Waals surface area contributed by atoms with Gasteiger partial charge in [-0.05, 0) is 41.8 Å². The fourth-order valence-electron chi connectivity index (χ4n) is 2.14. The number of pyridine rings is 1. The fourth-order valence-corrected chi connectivity index (χ4v) is 2.14. The van der Waals surface area contributed by atoms with Crippen LogP contribution in [0.15, 0.2) is 48.8 Å². The van der Waals surface area contributed by atoms with Crippen LogP contribution in [0, 0.1) is 5.82 Å². The number of aromatic nitrogens is 1. The van der Waals surface area contributed by atoms with Crippen LogP contribution in [0.2, 0.25) is 0 Å². The van der Waals surface area contributed by atoms with E-state index in [9.17, 15) is 14.3 Å². The van der Waals surface area contributed by atoms with Crippen molar-refractivity contribution in [2.24, 2.45) is 0 Å². The summed E-state index contributed by atoms with van der Waals surface area (Å²) in [4.78, 5) is 16.2. The molecule has 4 nitrogen and oxygen atoms in total. The largest absolute Gasteiger partial charge is 0.460 e. The van der Waals surface area contributed by atoms with Gasteiger partial charge in [0.05, 0.1) is 6.10 Å². The number of nitrogens with zero attached hydrogens (tertiary/aromatic N) is 1. The molecule has 0 saturated carbocycles. The van der Waals surface area contributed by atoms with Gasteiger partial charge < -0.3 is 9.84 Å². The van der Waals surface area contributed by atoms with Crippen LogP contribution in [0.4, 0.5) is 4.39 Å². The summed E-state index contributed by atoms with van der Waals surface area (Å²) in [6.07, 6.45) is 2.74. The van der Waals surface area contributed by atoms with Gasteiger partial charge in [0.15, 0.2) is 0 Å². The van der Waals surface area contributed by atoms with Crippen LogP contribution in [0.3, 0.4) is 0 Å². The van der Waals surface area contributed by atoms with Crippen LogP contribution in [0.5, 0.6) is 0 Å². The topological polar surface area (TPSA) is 59.4 Å². The summed E-state index contributed by atoms with van der Waals surface area (Å²) in [5.74, 6) is -1.75. The highest BCUT2D eigenvalue weighted by atomic mass is 19.1. The number of hydrogen-bond donors (Lipinski definition) is 1. The van der Waals surface area contributed by atoms with Gasteiger partial charge >= 0.3 is 5.97 Å². The molecule has 0 radical (unpaired) electrons. The second-order valence-electron chi connectivity index (χ2n) is 4.97. The molecule has 0 aliphatic carbocycles. The number of halogens is 1. The second-order valence-corrected chi connectivity index (χ2v) is 4.97. The number of esters is 1. The lowest BCUT2D eigenvalue weighted by Gasteiger charge is -2.21. The van der Waals surface area contributed by atoms with Crippen molar-refractivity contribution in [3.8, 4) is 0 Å². The molecule has 0 spiro atoms. The van der Waals surface area contributed by atoms with Crippen molar-refractivity contribution in [2.45, 2.75) is 32.0 Å². The molecule has 2 aromatic rings. The number of benzene rings is 1. The van der Waals surface area contributed by atoms with Gasteiger partial charge in [-0.15, -0.1) is 0 Å². The standard InChI is InChI=1S/C17H18FNO3/c1-2-15(20)16(13-3-5-14(18)6-4-13)17(21)22-11-12-7-9-19-10-8-12/h3-10,15-16,20H,2,11H2,1H3/t15-,16?/m0/s1. The summed E-state index contributed by atoms with van der Waals surface area (Å²) >= 11 is 0. The molecular weight excluding hydrogens is 285 g/mol. The third kappa shape index (κ3) is 4.11. The van der Waals surface area contributed by atoms with E-state index in [1.54, 1.807) is 31.5 Å². The molecule has 1 N–H and O–H groups in total. The summed E-state index contributed by atoms with van der Waals surface area (Å²) < 4.78 is 18.3. The van der Waals surface area contributed by atoms with Gasteiger partial charge in [0.25, 0.3) is 0 Å². The van der Waals surface area contributed by atoms with Crippen LogP contribution < -0.4 is 0 Å². The molecule has 0 aliphatic rings. The number of hydrogen-bond acceptors (Lipinski definition) is 4. The maximum atomic E-state index is 13.0. The van der Waals surface area contributed by atoms with Crippen molar-refractivity contribution < 1.29 is 19.0 Å². The third-order valence-corrected chi connectivity index (χ3v) is 3.42. The van der Waals surface area contributed by atoms with Crippen molar-refractivity contribution in [2.75, 3.05) is 0 Å². The smallest absolute Gasteiger partial charge is 0.316 e. The molecule has 0 bridgehead atoms. The molecule has 5 heteroatoms. The third-order valence-electron chi connectivity index (χ3n) is 3.42. The molecule has 0 saturated heterocycles. The molecule has 0 amide bonds. The average Bonchev–Trinajstić information content (AvgIpc) is 2.55. The van der Waals surface area contributed by atoms with Crippen molar-refractivity contribution >= 4 is 5.97 Å². The van der Waals surface area contributed by atoms with Crippen LogP contribution in [0.1, 0.15) is 30.4 Å². The zero-order valence-corrected chi connectivity index (χ0v) is 12.3. The lowest BCUT2D eigenvalue weighted by molar-refractivity contribution is -0.149. The Kier molecular flexibility index (Phi) is 5.61. The lowest BCUT2D eigenvalue weighted by Crippen LogP contribution is -2.27. The first-order valence-electron chi connectivity index (χ1n) is 7.11. The van der Waals surface area contributed by atoms with E-state index >= 15 is 0 Å². The molecule has 0 aliphatic heterocycles. The predicted octanol–water partition coefficient (Wildman–Crippen LogP) is 2.82. The molecule has 1 aromatic heterocycles. The minimum absolute atomic E-state index is 0.107. The Morgan fingerprint density at radius 1 is 1.23 bits per heavy atom. The first-order chi connectivity index (χ1) is 10.6.